The molecule has 0 unspecified atom stereocenters. The van der Waals surface area contributed by atoms with Crippen LogP contribution >= 0.6 is 23.2 Å². The minimum Gasteiger partial charge on any atom is -0.495 e. The maximum Gasteiger partial charge on any atom is 0.264 e. The molecule has 5 rings (SSSR count). The zero-order valence-electron chi connectivity index (χ0n) is 26.0. The average molecular weight is 695 g/mol. The van der Waals surface area contributed by atoms with Gasteiger partial charge in [0.15, 0.2) is 0 Å². The maximum absolute atomic E-state index is 14.7. The Morgan fingerprint density at radius 2 is 1.53 bits per heavy atom. The van der Waals surface area contributed by atoms with E-state index in [1.807, 2.05) is 30.3 Å². The van der Waals surface area contributed by atoms with Crippen molar-refractivity contribution in [1.29, 1.82) is 0 Å². The third-order valence-corrected chi connectivity index (χ3v) is 10.7. The Balaban J connectivity index is 1.61. The van der Waals surface area contributed by atoms with E-state index in [9.17, 15) is 18.0 Å². The van der Waals surface area contributed by atoms with Crippen molar-refractivity contribution in [1.82, 2.24) is 10.2 Å². The zero-order valence-corrected chi connectivity index (χ0v) is 28.3. The van der Waals surface area contributed by atoms with Crippen molar-refractivity contribution in [3.05, 3.63) is 124 Å². The van der Waals surface area contributed by atoms with E-state index in [2.05, 4.69) is 5.32 Å². The molecule has 4 aromatic rings. The molecule has 0 heterocycles. The first-order valence-corrected chi connectivity index (χ1v) is 17.7. The van der Waals surface area contributed by atoms with Gasteiger partial charge in [0.05, 0.1) is 17.7 Å². The van der Waals surface area contributed by atoms with Crippen LogP contribution in [0.2, 0.25) is 10.0 Å². The van der Waals surface area contributed by atoms with Gasteiger partial charge < -0.3 is 15.0 Å². The number of hydrogen-bond donors (Lipinski definition) is 1. The van der Waals surface area contributed by atoms with Gasteiger partial charge in [-0.3, -0.25) is 13.9 Å². The molecule has 8 nitrogen and oxygen atoms in total. The second-order valence-corrected chi connectivity index (χ2v) is 14.2. The molecule has 1 aliphatic carbocycles. The van der Waals surface area contributed by atoms with Crippen molar-refractivity contribution >= 4 is 50.7 Å². The van der Waals surface area contributed by atoms with E-state index in [1.165, 1.54) is 30.2 Å². The van der Waals surface area contributed by atoms with Gasteiger partial charge in [0.2, 0.25) is 11.8 Å². The van der Waals surface area contributed by atoms with Gasteiger partial charge in [-0.05, 0) is 60.4 Å². The number of nitrogens with zero attached hydrogens (tertiary/aromatic N) is 2. The molecule has 4 aromatic carbocycles. The summed E-state index contributed by atoms with van der Waals surface area (Å²) in [4.78, 5) is 30.3. The summed E-state index contributed by atoms with van der Waals surface area (Å²) in [6.07, 6.45) is 3.97. The normalized spacial score (nSPS) is 13.9. The van der Waals surface area contributed by atoms with Gasteiger partial charge in [0, 0.05) is 29.1 Å². The van der Waals surface area contributed by atoms with Crippen molar-refractivity contribution in [3.63, 3.8) is 0 Å². The largest absolute Gasteiger partial charge is 0.495 e. The predicted molar refractivity (Wildman–Crippen MR) is 185 cm³/mol. The average Bonchev–Trinajstić information content (AvgIpc) is 3.59. The summed E-state index contributed by atoms with van der Waals surface area (Å²) in [5.74, 6) is -0.702. The monoisotopic (exact) mass is 693 g/mol. The van der Waals surface area contributed by atoms with Gasteiger partial charge in [-0.1, -0.05) is 103 Å². The molecule has 0 saturated heterocycles. The van der Waals surface area contributed by atoms with Crippen molar-refractivity contribution in [2.75, 3.05) is 18.0 Å². The molecule has 2 amide bonds. The number of rotatable bonds is 13. The van der Waals surface area contributed by atoms with Crippen LogP contribution in [0, 0.1) is 0 Å². The van der Waals surface area contributed by atoms with Crippen LogP contribution in [0.4, 0.5) is 5.69 Å². The Bertz CT molecular complexity index is 1790. The lowest BCUT2D eigenvalue weighted by Crippen LogP contribution is -2.54. The van der Waals surface area contributed by atoms with Crippen LogP contribution < -0.4 is 14.4 Å². The van der Waals surface area contributed by atoms with E-state index < -0.39 is 28.5 Å². The lowest BCUT2D eigenvalue weighted by molar-refractivity contribution is -0.140. The van der Waals surface area contributed by atoms with Crippen molar-refractivity contribution in [3.8, 4) is 5.75 Å². The van der Waals surface area contributed by atoms with Gasteiger partial charge in [0.25, 0.3) is 10.0 Å². The van der Waals surface area contributed by atoms with Gasteiger partial charge in [-0.2, -0.15) is 0 Å². The summed E-state index contributed by atoms with van der Waals surface area (Å²) in [5.41, 5.74) is 1.55. The number of carbonyl (C=O) groups excluding carboxylic acids is 2. The molecule has 1 N–H and O–H groups in total. The van der Waals surface area contributed by atoms with Crippen LogP contribution in [0.3, 0.4) is 0 Å². The van der Waals surface area contributed by atoms with Gasteiger partial charge in [-0.25, -0.2) is 8.42 Å². The third kappa shape index (κ3) is 8.46. The highest BCUT2D eigenvalue weighted by Gasteiger charge is 2.36. The fourth-order valence-corrected chi connectivity index (χ4v) is 7.62. The minimum absolute atomic E-state index is 0.00344. The van der Waals surface area contributed by atoms with Crippen molar-refractivity contribution in [2.24, 2.45) is 0 Å². The molecule has 1 aliphatic rings. The van der Waals surface area contributed by atoms with Crippen LogP contribution in [-0.4, -0.2) is 50.9 Å². The summed E-state index contributed by atoms with van der Waals surface area (Å²) in [6.45, 7) is -0.666. The molecule has 0 aromatic heterocycles. The summed E-state index contributed by atoms with van der Waals surface area (Å²) < 4.78 is 35.1. The van der Waals surface area contributed by atoms with E-state index in [0.29, 0.717) is 10.6 Å². The minimum atomic E-state index is -4.32. The number of anilines is 1. The number of amides is 2. The molecular weight excluding hydrogens is 657 g/mol. The number of halogens is 2. The second-order valence-electron chi connectivity index (χ2n) is 11.4. The fourth-order valence-electron chi connectivity index (χ4n) is 5.82. The molecule has 1 fully saturated rings. The zero-order chi connectivity index (χ0) is 33.4. The van der Waals surface area contributed by atoms with E-state index in [0.717, 1.165) is 35.6 Å². The van der Waals surface area contributed by atoms with Gasteiger partial charge in [0.1, 0.15) is 18.3 Å². The van der Waals surface area contributed by atoms with Crippen molar-refractivity contribution < 1.29 is 22.7 Å². The molecule has 0 bridgehead atoms. The van der Waals surface area contributed by atoms with E-state index in [4.69, 9.17) is 27.9 Å². The van der Waals surface area contributed by atoms with Gasteiger partial charge in [-0.15, -0.1) is 0 Å². The number of nitrogens with one attached hydrogen (secondary N) is 1. The summed E-state index contributed by atoms with van der Waals surface area (Å²) in [6, 6.07) is 28.0. The Labute approximate surface area is 286 Å². The molecular formula is C36H37Cl2N3O5S. The molecule has 246 valence electrons. The fraction of sp³-hybridized carbons (Fsp3) is 0.278. The molecule has 0 spiro atoms. The van der Waals surface area contributed by atoms with Crippen LogP contribution in [-0.2, 0) is 32.6 Å². The van der Waals surface area contributed by atoms with E-state index in [-0.39, 0.29) is 46.3 Å². The first-order valence-electron chi connectivity index (χ1n) is 15.5. The Kier molecular flexibility index (Phi) is 11.4. The Morgan fingerprint density at radius 3 is 2.19 bits per heavy atom. The molecule has 1 saturated carbocycles. The predicted octanol–water partition coefficient (Wildman–Crippen LogP) is 6.90. The second kappa shape index (κ2) is 15.7. The molecule has 11 heteroatoms. The topological polar surface area (TPSA) is 96.0 Å². The standard InChI is InChI=1S/C36H37Cl2N3O5S/c1-46-34-21-20-28(37)23-32(34)41(47(44,45)30-17-6-3-7-18-30)25-35(42)40(24-27-14-8-11-19-31(27)38)33(22-26-12-4-2-5-13-26)36(43)39-29-15-9-10-16-29/h2-8,11-14,17-21,23,29,33H,9-10,15-16,22,24-25H2,1H3,(H,39,43)/t33-/m0/s1. The molecule has 0 radical (unpaired) electrons. The number of sulfonamides is 1. The van der Waals surface area contributed by atoms with Crippen LogP contribution in [0.25, 0.3) is 0 Å². The third-order valence-electron chi connectivity index (χ3n) is 8.29. The number of methoxy groups -OCH3 is 1. The lowest BCUT2D eigenvalue weighted by atomic mass is 10.0. The molecule has 1 atom stereocenters. The first-order chi connectivity index (χ1) is 22.7. The van der Waals surface area contributed by atoms with Gasteiger partial charge >= 0.3 is 0 Å². The van der Waals surface area contributed by atoms with Crippen molar-refractivity contribution in [2.45, 2.75) is 55.6 Å². The summed E-state index contributed by atoms with van der Waals surface area (Å²) >= 11 is 13.0. The molecule has 0 aliphatic heterocycles. The van der Waals surface area contributed by atoms with Crippen LogP contribution in [0.5, 0.6) is 5.75 Å². The molecule has 47 heavy (non-hydrogen) atoms. The maximum atomic E-state index is 14.7. The van der Waals surface area contributed by atoms with E-state index >= 15 is 0 Å². The number of benzene rings is 4. The number of carbonyl (C=O) groups is 2. The highest BCUT2D eigenvalue weighted by molar-refractivity contribution is 7.92. The Morgan fingerprint density at radius 1 is 0.894 bits per heavy atom. The smallest absolute Gasteiger partial charge is 0.264 e. The quantitative estimate of drug-likeness (QED) is 0.164. The highest BCUT2D eigenvalue weighted by atomic mass is 35.5. The Hall–Kier alpha value is -4.05. The van der Waals surface area contributed by atoms with Crippen LogP contribution in [0.15, 0.2) is 108 Å². The van der Waals surface area contributed by atoms with E-state index in [1.54, 1.807) is 54.6 Å². The summed E-state index contributed by atoms with van der Waals surface area (Å²) in [5, 5.41) is 3.84. The number of hydrogen-bond acceptors (Lipinski definition) is 5. The highest BCUT2D eigenvalue weighted by Crippen LogP contribution is 2.35. The first kappa shape index (κ1) is 34.3. The summed E-state index contributed by atoms with van der Waals surface area (Å²) in [7, 11) is -2.90. The number of ether oxygens (including phenoxy) is 1. The SMILES string of the molecule is COc1ccc(Cl)cc1N(CC(=O)N(Cc1ccccc1Cl)[C@@H](Cc1ccccc1)C(=O)NC1CCCC1)S(=O)(=O)c1ccccc1. The lowest BCUT2D eigenvalue weighted by Gasteiger charge is -2.34. The van der Waals surface area contributed by atoms with Crippen LogP contribution in [0.1, 0.15) is 36.8 Å².